The molecule has 1 aliphatic heterocycles. The molecule has 1 aliphatic rings. The van der Waals surface area contributed by atoms with E-state index in [0.29, 0.717) is 0 Å². The van der Waals surface area contributed by atoms with E-state index >= 15 is 0 Å². The third-order valence-corrected chi connectivity index (χ3v) is 4.21. The van der Waals surface area contributed by atoms with Crippen molar-refractivity contribution in [2.45, 2.75) is 11.0 Å². The minimum absolute atomic E-state index is 0.248. The second-order valence-corrected chi connectivity index (χ2v) is 6.31. The van der Waals surface area contributed by atoms with Crippen molar-refractivity contribution in [2.75, 3.05) is 13.7 Å². The van der Waals surface area contributed by atoms with Crippen LogP contribution in [0.4, 0.5) is 0 Å². The SMILES string of the molecule is COc1cccc(CCN2C=CC=CC2(Br)NC(N)=S)c1. The van der Waals surface area contributed by atoms with Crippen LogP contribution >= 0.6 is 28.1 Å². The molecule has 112 valence electrons. The van der Waals surface area contributed by atoms with E-state index in [1.807, 2.05) is 42.6 Å². The smallest absolute Gasteiger partial charge is 0.189 e. The summed E-state index contributed by atoms with van der Waals surface area (Å²) in [5.74, 6) is 0.868. The first-order valence-corrected chi connectivity index (χ1v) is 7.76. The van der Waals surface area contributed by atoms with E-state index in [1.165, 1.54) is 5.56 Å². The van der Waals surface area contributed by atoms with Crippen LogP contribution in [-0.4, -0.2) is 28.2 Å². The van der Waals surface area contributed by atoms with Gasteiger partial charge in [0.1, 0.15) is 5.75 Å². The Labute approximate surface area is 138 Å². The van der Waals surface area contributed by atoms with Gasteiger partial charge in [0.15, 0.2) is 9.68 Å². The molecule has 0 bridgehead atoms. The number of methoxy groups -OCH3 is 1. The van der Waals surface area contributed by atoms with Gasteiger partial charge in [-0.25, -0.2) is 0 Å². The molecular weight excluding hydrogens is 350 g/mol. The van der Waals surface area contributed by atoms with Crippen molar-refractivity contribution in [1.29, 1.82) is 0 Å². The van der Waals surface area contributed by atoms with E-state index < -0.39 is 4.57 Å². The number of allylic oxidation sites excluding steroid dienone is 2. The van der Waals surface area contributed by atoms with Gasteiger partial charge in [-0.3, -0.25) is 0 Å². The fourth-order valence-corrected chi connectivity index (χ4v) is 3.09. The monoisotopic (exact) mass is 367 g/mol. The minimum atomic E-state index is -0.577. The molecule has 0 saturated carbocycles. The molecule has 2 rings (SSSR count). The van der Waals surface area contributed by atoms with E-state index in [9.17, 15) is 0 Å². The fourth-order valence-electron chi connectivity index (χ4n) is 2.14. The molecule has 0 aromatic heterocycles. The quantitative estimate of drug-likeness (QED) is 0.475. The zero-order valence-electron chi connectivity index (χ0n) is 11.8. The van der Waals surface area contributed by atoms with E-state index in [-0.39, 0.29) is 5.11 Å². The number of nitrogens with one attached hydrogen (secondary N) is 1. The highest BCUT2D eigenvalue weighted by atomic mass is 79.9. The Morgan fingerprint density at radius 1 is 1.48 bits per heavy atom. The first-order chi connectivity index (χ1) is 10.0. The fraction of sp³-hybridized carbons (Fsp3) is 0.267. The van der Waals surface area contributed by atoms with Crippen LogP contribution in [0.3, 0.4) is 0 Å². The van der Waals surface area contributed by atoms with Gasteiger partial charge in [0.25, 0.3) is 0 Å². The Morgan fingerprint density at radius 2 is 2.29 bits per heavy atom. The first kappa shape index (κ1) is 15.9. The van der Waals surface area contributed by atoms with Crippen LogP contribution in [0.1, 0.15) is 5.56 Å². The Morgan fingerprint density at radius 3 is 3.00 bits per heavy atom. The third-order valence-electron chi connectivity index (χ3n) is 3.19. The van der Waals surface area contributed by atoms with Gasteiger partial charge in [-0.2, -0.15) is 0 Å². The summed E-state index contributed by atoms with van der Waals surface area (Å²) in [5.41, 5.74) is 6.82. The third kappa shape index (κ3) is 4.22. The van der Waals surface area contributed by atoms with Gasteiger partial charge in [0.05, 0.1) is 7.11 Å². The topological polar surface area (TPSA) is 50.5 Å². The van der Waals surface area contributed by atoms with Crippen LogP contribution in [0.2, 0.25) is 0 Å². The summed E-state index contributed by atoms with van der Waals surface area (Å²) in [4.78, 5) is 2.10. The maximum atomic E-state index is 5.61. The Hall–Kier alpha value is -1.53. The number of ether oxygens (including phenoxy) is 1. The molecule has 4 nitrogen and oxygen atoms in total. The van der Waals surface area contributed by atoms with Crippen molar-refractivity contribution < 1.29 is 4.74 Å². The van der Waals surface area contributed by atoms with Crippen molar-refractivity contribution in [2.24, 2.45) is 5.73 Å². The van der Waals surface area contributed by atoms with E-state index in [1.54, 1.807) is 7.11 Å². The van der Waals surface area contributed by atoms with E-state index in [2.05, 4.69) is 32.2 Å². The second-order valence-electron chi connectivity index (χ2n) is 4.66. The summed E-state index contributed by atoms with van der Waals surface area (Å²) in [7, 11) is 1.67. The molecule has 3 N–H and O–H groups in total. The van der Waals surface area contributed by atoms with Crippen LogP contribution in [-0.2, 0) is 6.42 Å². The number of rotatable bonds is 5. The van der Waals surface area contributed by atoms with Crippen molar-refractivity contribution in [3.05, 3.63) is 54.3 Å². The number of nitrogens with two attached hydrogens (primary N) is 1. The number of hydrogen-bond donors (Lipinski definition) is 2. The molecule has 1 aromatic rings. The predicted octanol–water partition coefficient (Wildman–Crippen LogP) is 2.51. The Bertz CT molecular complexity index is 576. The van der Waals surface area contributed by atoms with Crippen molar-refractivity contribution >= 4 is 33.3 Å². The number of benzene rings is 1. The van der Waals surface area contributed by atoms with Gasteiger partial charge in [-0.1, -0.05) is 18.2 Å². The molecule has 1 heterocycles. The lowest BCUT2D eigenvalue weighted by molar-refractivity contribution is 0.278. The first-order valence-electron chi connectivity index (χ1n) is 6.56. The molecule has 21 heavy (non-hydrogen) atoms. The summed E-state index contributed by atoms with van der Waals surface area (Å²) in [6, 6.07) is 8.06. The Balaban J connectivity index is 2.05. The van der Waals surface area contributed by atoms with Gasteiger partial charge < -0.3 is 20.7 Å². The normalized spacial score (nSPS) is 20.4. The van der Waals surface area contributed by atoms with Gasteiger partial charge in [0, 0.05) is 12.7 Å². The molecule has 0 amide bonds. The van der Waals surface area contributed by atoms with Gasteiger partial charge >= 0.3 is 0 Å². The van der Waals surface area contributed by atoms with E-state index in [0.717, 1.165) is 18.7 Å². The van der Waals surface area contributed by atoms with Crippen LogP contribution < -0.4 is 15.8 Å². The Kier molecular flexibility index (Phi) is 5.25. The van der Waals surface area contributed by atoms with Crippen molar-refractivity contribution in [3.8, 4) is 5.75 Å². The van der Waals surface area contributed by atoms with Gasteiger partial charge in [0.2, 0.25) is 0 Å². The predicted molar refractivity (Wildman–Crippen MR) is 93.3 cm³/mol. The van der Waals surface area contributed by atoms with Gasteiger partial charge in [-0.05, 0) is 64.4 Å². The van der Waals surface area contributed by atoms with Crippen LogP contribution in [0.25, 0.3) is 0 Å². The second kappa shape index (κ2) is 6.95. The molecule has 1 atom stereocenters. The molecule has 0 spiro atoms. The number of halogens is 1. The van der Waals surface area contributed by atoms with Crippen LogP contribution in [0.15, 0.2) is 48.7 Å². The molecular formula is C15H18BrN3OS. The molecule has 0 fully saturated rings. The summed E-state index contributed by atoms with van der Waals surface area (Å²) in [6.07, 6.45) is 8.77. The lowest BCUT2D eigenvalue weighted by Gasteiger charge is -2.39. The van der Waals surface area contributed by atoms with Crippen LogP contribution in [0.5, 0.6) is 5.75 Å². The number of alkyl halides is 1. The summed E-state index contributed by atoms with van der Waals surface area (Å²) >= 11 is 8.60. The number of nitrogens with zero attached hydrogens (tertiary/aromatic N) is 1. The number of thiocarbonyl (C=S) groups is 1. The molecule has 0 aliphatic carbocycles. The standard InChI is InChI=1S/C15H18BrN3OS/c1-20-13-6-4-5-12(11-13)7-10-19-9-3-2-8-15(19,16)18-14(17)21/h2-6,8-9,11H,7,10H2,1H3,(H3,17,18,21). The molecule has 0 saturated heterocycles. The molecule has 1 unspecified atom stereocenters. The zero-order valence-corrected chi connectivity index (χ0v) is 14.2. The largest absolute Gasteiger partial charge is 0.497 e. The molecule has 0 radical (unpaired) electrons. The zero-order chi connectivity index (χ0) is 15.3. The average Bonchev–Trinajstić information content (AvgIpc) is 2.45. The maximum Gasteiger partial charge on any atom is 0.189 e. The average molecular weight is 368 g/mol. The lowest BCUT2D eigenvalue weighted by atomic mass is 10.1. The highest BCUT2D eigenvalue weighted by molar-refractivity contribution is 9.10. The van der Waals surface area contributed by atoms with Crippen molar-refractivity contribution in [1.82, 2.24) is 10.2 Å². The van der Waals surface area contributed by atoms with E-state index in [4.69, 9.17) is 22.7 Å². The highest BCUT2D eigenvalue weighted by Crippen LogP contribution is 2.26. The van der Waals surface area contributed by atoms with Crippen LogP contribution in [0, 0.1) is 0 Å². The maximum absolute atomic E-state index is 5.61. The van der Waals surface area contributed by atoms with Gasteiger partial charge in [-0.15, -0.1) is 0 Å². The summed E-state index contributed by atoms with van der Waals surface area (Å²) < 4.78 is 4.67. The molecule has 6 heteroatoms. The van der Waals surface area contributed by atoms with Crippen molar-refractivity contribution in [3.63, 3.8) is 0 Å². The summed E-state index contributed by atoms with van der Waals surface area (Å²) in [6.45, 7) is 0.800. The number of hydrogen-bond acceptors (Lipinski definition) is 3. The summed E-state index contributed by atoms with van der Waals surface area (Å²) in [5, 5.41) is 3.30. The molecule has 1 aromatic carbocycles. The lowest BCUT2D eigenvalue weighted by Crippen LogP contribution is -2.55. The minimum Gasteiger partial charge on any atom is -0.497 e. The highest BCUT2D eigenvalue weighted by Gasteiger charge is 2.30.